The molecule has 0 radical (unpaired) electrons. The molecule has 0 spiro atoms. The number of piperidine rings is 1. The summed E-state index contributed by atoms with van der Waals surface area (Å²) in [5, 5.41) is 3.20. The molecule has 21 heavy (non-hydrogen) atoms. The summed E-state index contributed by atoms with van der Waals surface area (Å²) in [5.74, 6) is 1.14. The number of rotatable bonds is 6. The molecule has 1 fully saturated rings. The number of ether oxygens (including phenoxy) is 1. The summed E-state index contributed by atoms with van der Waals surface area (Å²) in [6, 6.07) is 6.56. The zero-order valence-electron chi connectivity index (χ0n) is 12.6. The van der Waals surface area contributed by atoms with E-state index in [1.165, 1.54) is 0 Å². The predicted molar refractivity (Wildman–Crippen MR) is 83.0 cm³/mol. The molecule has 1 unspecified atom stereocenters. The molecule has 1 aromatic carbocycles. The molecule has 0 aliphatic carbocycles. The lowest BCUT2D eigenvalue weighted by atomic mass is 10.1. The van der Waals surface area contributed by atoms with Gasteiger partial charge in [-0.15, -0.1) is 0 Å². The molecule has 1 aliphatic heterocycles. The summed E-state index contributed by atoms with van der Waals surface area (Å²) in [7, 11) is -3.45. The van der Waals surface area contributed by atoms with Gasteiger partial charge in [0.2, 0.25) is 10.0 Å². The molecule has 1 heterocycles. The van der Waals surface area contributed by atoms with Crippen molar-refractivity contribution in [1.29, 1.82) is 0 Å². The van der Waals surface area contributed by atoms with Gasteiger partial charge in [0.05, 0.1) is 11.5 Å². The lowest BCUT2D eigenvalue weighted by Gasteiger charge is -2.23. The molecule has 2 rings (SSSR count). The van der Waals surface area contributed by atoms with E-state index >= 15 is 0 Å². The second-order valence-electron chi connectivity index (χ2n) is 5.84. The van der Waals surface area contributed by atoms with E-state index in [9.17, 15) is 8.42 Å². The van der Waals surface area contributed by atoms with Gasteiger partial charge in [-0.1, -0.05) is 13.8 Å². The fourth-order valence-corrected chi connectivity index (χ4v) is 3.49. The van der Waals surface area contributed by atoms with Crippen LogP contribution >= 0.6 is 0 Å². The average Bonchev–Trinajstić information content (AvgIpc) is 2.46. The van der Waals surface area contributed by atoms with E-state index in [1.807, 2.05) is 0 Å². The standard InChI is InChI=1S/C15H24N2O3S/c1-12(2)11-20-14-5-7-15(8-6-14)21(18,19)17-13-4-3-9-16-10-13/h5-8,12-13,16-17H,3-4,9-11H2,1-2H3. The van der Waals surface area contributed by atoms with Crippen molar-refractivity contribution in [2.75, 3.05) is 19.7 Å². The third kappa shape index (κ3) is 4.98. The van der Waals surface area contributed by atoms with Gasteiger partial charge in [-0.2, -0.15) is 0 Å². The lowest BCUT2D eigenvalue weighted by molar-refractivity contribution is 0.271. The third-order valence-electron chi connectivity index (χ3n) is 3.34. The Kier molecular flexibility index (Phi) is 5.61. The van der Waals surface area contributed by atoms with Crippen LogP contribution in [0.1, 0.15) is 26.7 Å². The van der Waals surface area contributed by atoms with Crippen LogP contribution in [0.15, 0.2) is 29.2 Å². The maximum absolute atomic E-state index is 12.3. The minimum absolute atomic E-state index is 0.0272. The Balaban J connectivity index is 1.99. The van der Waals surface area contributed by atoms with Crippen molar-refractivity contribution >= 4 is 10.0 Å². The summed E-state index contributed by atoms with van der Waals surface area (Å²) >= 11 is 0. The van der Waals surface area contributed by atoms with E-state index in [1.54, 1.807) is 24.3 Å². The first kappa shape index (κ1) is 16.3. The van der Waals surface area contributed by atoms with Crippen LogP contribution in [0.5, 0.6) is 5.75 Å². The molecule has 0 bridgehead atoms. The van der Waals surface area contributed by atoms with E-state index in [2.05, 4.69) is 23.9 Å². The first-order valence-corrected chi connectivity index (χ1v) is 8.91. The number of benzene rings is 1. The molecule has 1 aromatic rings. The Hall–Kier alpha value is -1.11. The van der Waals surface area contributed by atoms with Crippen LogP contribution in [0.25, 0.3) is 0 Å². The minimum Gasteiger partial charge on any atom is -0.493 e. The van der Waals surface area contributed by atoms with Gasteiger partial charge in [0.1, 0.15) is 5.75 Å². The van der Waals surface area contributed by atoms with Crippen LogP contribution in [-0.2, 0) is 10.0 Å². The number of hydrogen-bond acceptors (Lipinski definition) is 4. The molecule has 0 saturated carbocycles. The molecule has 1 aliphatic rings. The molecule has 1 atom stereocenters. The fraction of sp³-hybridized carbons (Fsp3) is 0.600. The Morgan fingerprint density at radius 1 is 1.33 bits per heavy atom. The summed E-state index contributed by atoms with van der Waals surface area (Å²) < 4.78 is 32.9. The molecule has 0 aromatic heterocycles. The highest BCUT2D eigenvalue weighted by Crippen LogP contribution is 2.17. The van der Waals surface area contributed by atoms with E-state index in [0.717, 1.165) is 19.4 Å². The third-order valence-corrected chi connectivity index (χ3v) is 4.87. The van der Waals surface area contributed by atoms with E-state index in [4.69, 9.17) is 4.74 Å². The van der Waals surface area contributed by atoms with E-state index < -0.39 is 10.0 Å². The second kappa shape index (κ2) is 7.24. The first-order valence-electron chi connectivity index (χ1n) is 7.43. The first-order chi connectivity index (χ1) is 9.97. The Morgan fingerprint density at radius 3 is 2.62 bits per heavy atom. The van der Waals surface area contributed by atoms with Gasteiger partial charge in [0.25, 0.3) is 0 Å². The lowest BCUT2D eigenvalue weighted by Crippen LogP contribution is -2.45. The van der Waals surface area contributed by atoms with Crippen molar-refractivity contribution < 1.29 is 13.2 Å². The quantitative estimate of drug-likeness (QED) is 0.840. The average molecular weight is 312 g/mol. The normalized spacial score (nSPS) is 19.7. The summed E-state index contributed by atoms with van der Waals surface area (Å²) in [4.78, 5) is 0.282. The highest BCUT2D eigenvalue weighted by Gasteiger charge is 2.21. The van der Waals surface area contributed by atoms with Crippen molar-refractivity contribution in [1.82, 2.24) is 10.0 Å². The van der Waals surface area contributed by atoms with Crippen molar-refractivity contribution in [3.63, 3.8) is 0 Å². The van der Waals surface area contributed by atoms with Crippen LogP contribution in [0, 0.1) is 5.92 Å². The zero-order valence-corrected chi connectivity index (χ0v) is 13.4. The van der Waals surface area contributed by atoms with Crippen molar-refractivity contribution in [3.8, 4) is 5.75 Å². The molecule has 6 heteroatoms. The molecule has 5 nitrogen and oxygen atoms in total. The maximum atomic E-state index is 12.3. The van der Waals surface area contributed by atoms with Crippen molar-refractivity contribution in [2.24, 2.45) is 5.92 Å². The van der Waals surface area contributed by atoms with Gasteiger partial charge in [-0.3, -0.25) is 0 Å². The van der Waals surface area contributed by atoms with Crippen molar-refractivity contribution in [3.05, 3.63) is 24.3 Å². The van der Waals surface area contributed by atoms with Crippen LogP contribution in [0.4, 0.5) is 0 Å². The Bertz CT molecular complexity index is 535. The monoisotopic (exact) mass is 312 g/mol. The highest BCUT2D eigenvalue weighted by atomic mass is 32.2. The smallest absolute Gasteiger partial charge is 0.240 e. The van der Waals surface area contributed by atoms with Crippen molar-refractivity contribution in [2.45, 2.75) is 37.6 Å². The SMILES string of the molecule is CC(C)COc1ccc(S(=O)(=O)NC2CCCNC2)cc1. The van der Waals surface area contributed by atoms with Gasteiger partial charge in [-0.05, 0) is 49.6 Å². The second-order valence-corrected chi connectivity index (χ2v) is 7.55. The van der Waals surface area contributed by atoms with Crippen LogP contribution in [-0.4, -0.2) is 34.2 Å². The van der Waals surface area contributed by atoms with Gasteiger partial charge in [0, 0.05) is 12.6 Å². The topological polar surface area (TPSA) is 67.4 Å². The zero-order chi connectivity index (χ0) is 15.3. The number of sulfonamides is 1. The van der Waals surface area contributed by atoms with Crippen LogP contribution in [0.2, 0.25) is 0 Å². The minimum atomic E-state index is -3.45. The Labute approximate surface area is 127 Å². The van der Waals surface area contributed by atoms with Gasteiger partial charge < -0.3 is 10.1 Å². The van der Waals surface area contributed by atoms with Gasteiger partial charge in [0.15, 0.2) is 0 Å². The molecule has 118 valence electrons. The summed E-state index contributed by atoms with van der Waals surface area (Å²) in [5.41, 5.74) is 0. The predicted octanol–water partition coefficient (Wildman–Crippen LogP) is 1.75. The van der Waals surface area contributed by atoms with Crippen LogP contribution in [0.3, 0.4) is 0 Å². The fourth-order valence-electron chi connectivity index (χ4n) is 2.22. The van der Waals surface area contributed by atoms with E-state index in [0.29, 0.717) is 24.8 Å². The number of nitrogens with one attached hydrogen (secondary N) is 2. The molecular formula is C15H24N2O3S. The summed E-state index contributed by atoms with van der Waals surface area (Å²) in [6.07, 6.45) is 1.87. The van der Waals surface area contributed by atoms with Gasteiger partial charge in [-0.25, -0.2) is 13.1 Å². The van der Waals surface area contributed by atoms with Crippen LogP contribution < -0.4 is 14.8 Å². The van der Waals surface area contributed by atoms with Gasteiger partial charge >= 0.3 is 0 Å². The molecule has 1 saturated heterocycles. The largest absolute Gasteiger partial charge is 0.493 e. The maximum Gasteiger partial charge on any atom is 0.240 e. The number of hydrogen-bond donors (Lipinski definition) is 2. The molecule has 0 amide bonds. The summed E-state index contributed by atoms with van der Waals surface area (Å²) in [6.45, 7) is 6.41. The van der Waals surface area contributed by atoms with E-state index in [-0.39, 0.29) is 10.9 Å². The molecular weight excluding hydrogens is 288 g/mol. The molecule has 2 N–H and O–H groups in total. The highest BCUT2D eigenvalue weighted by molar-refractivity contribution is 7.89. The Morgan fingerprint density at radius 2 is 2.05 bits per heavy atom.